The maximum atomic E-state index is 4.29. The fourth-order valence-corrected chi connectivity index (χ4v) is 2.64. The van der Waals surface area contributed by atoms with Crippen molar-refractivity contribution in [1.82, 2.24) is 20.4 Å². The molecule has 0 amide bonds. The summed E-state index contributed by atoms with van der Waals surface area (Å²) in [7, 11) is 1.78. The number of aromatic nitrogens is 2. The minimum Gasteiger partial charge on any atom is -0.352 e. The second-order valence-corrected chi connectivity index (χ2v) is 5.89. The van der Waals surface area contributed by atoms with Gasteiger partial charge in [-0.3, -0.25) is 4.99 Å². The quantitative estimate of drug-likeness (QED) is 0.557. The molecule has 0 saturated carbocycles. The van der Waals surface area contributed by atoms with E-state index >= 15 is 0 Å². The SMILES string of the molecule is CN=C(NCc1cccc(C)c1)NCc1cccc(-n2cccn2)c1. The molecule has 0 bridgehead atoms. The van der Waals surface area contributed by atoms with Gasteiger partial charge in [-0.05, 0) is 36.2 Å². The molecule has 5 nitrogen and oxygen atoms in total. The smallest absolute Gasteiger partial charge is 0.191 e. The molecule has 0 radical (unpaired) electrons. The predicted octanol–water partition coefficient (Wildman–Crippen LogP) is 3.05. The fraction of sp³-hybridized carbons (Fsp3) is 0.200. The average molecular weight is 333 g/mol. The van der Waals surface area contributed by atoms with Gasteiger partial charge in [0.1, 0.15) is 0 Å². The Morgan fingerprint density at radius 2 is 1.72 bits per heavy atom. The molecule has 1 aromatic heterocycles. The van der Waals surface area contributed by atoms with Gasteiger partial charge in [0.15, 0.2) is 5.96 Å². The van der Waals surface area contributed by atoms with Gasteiger partial charge in [-0.2, -0.15) is 5.10 Å². The Hall–Kier alpha value is -3.08. The molecule has 128 valence electrons. The summed E-state index contributed by atoms with van der Waals surface area (Å²) in [6.45, 7) is 3.54. The van der Waals surface area contributed by atoms with E-state index in [0.717, 1.165) is 18.2 Å². The van der Waals surface area contributed by atoms with Crippen molar-refractivity contribution in [1.29, 1.82) is 0 Å². The Morgan fingerprint density at radius 1 is 1.00 bits per heavy atom. The van der Waals surface area contributed by atoms with E-state index in [1.807, 2.05) is 29.1 Å². The average Bonchev–Trinajstić information content (AvgIpc) is 3.17. The lowest BCUT2D eigenvalue weighted by Gasteiger charge is -2.13. The van der Waals surface area contributed by atoms with Crippen LogP contribution in [0.15, 0.2) is 72.0 Å². The first-order chi connectivity index (χ1) is 12.2. The van der Waals surface area contributed by atoms with Gasteiger partial charge in [0.25, 0.3) is 0 Å². The Kier molecular flexibility index (Phi) is 5.46. The van der Waals surface area contributed by atoms with Gasteiger partial charge in [-0.1, -0.05) is 42.0 Å². The standard InChI is InChI=1S/C20H23N5/c1-16-6-3-7-17(12-16)14-22-20(21-2)23-15-18-8-4-9-19(13-18)25-11-5-10-24-25/h3-13H,14-15H2,1-2H3,(H2,21,22,23). The zero-order valence-corrected chi connectivity index (χ0v) is 14.6. The lowest BCUT2D eigenvalue weighted by atomic mass is 10.1. The molecule has 2 N–H and O–H groups in total. The highest BCUT2D eigenvalue weighted by molar-refractivity contribution is 5.79. The number of guanidine groups is 1. The number of aliphatic imine (C=N–C) groups is 1. The van der Waals surface area contributed by atoms with Gasteiger partial charge in [0.2, 0.25) is 0 Å². The second kappa shape index (κ2) is 8.15. The van der Waals surface area contributed by atoms with Gasteiger partial charge in [0.05, 0.1) is 5.69 Å². The highest BCUT2D eigenvalue weighted by atomic mass is 15.3. The van der Waals surface area contributed by atoms with Crippen LogP contribution >= 0.6 is 0 Å². The third-order valence-corrected chi connectivity index (χ3v) is 3.91. The molecule has 5 heteroatoms. The predicted molar refractivity (Wildman–Crippen MR) is 102 cm³/mol. The fourth-order valence-electron chi connectivity index (χ4n) is 2.64. The summed E-state index contributed by atoms with van der Waals surface area (Å²) in [4.78, 5) is 4.29. The van der Waals surface area contributed by atoms with Crippen molar-refractivity contribution < 1.29 is 0 Å². The van der Waals surface area contributed by atoms with Gasteiger partial charge in [-0.15, -0.1) is 0 Å². The Balaban J connectivity index is 1.57. The maximum Gasteiger partial charge on any atom is 0.191 e. The van der Waals surface area contributed by atoms with Gasteiger partial charge >= 0.3 is 0 Å². The Bertz CT molecular complexity index is 837. The minimum atomic E-state index is 0.697. The monoisotopic (exact) mass is 333 g/mol. The van der Waals surface area contributed by atoms with E-state index in [1.165, 1.54) is 16.7 Å². The molecule has 3 aromatic rings. The van der Waals surface area contributed by atoms with Crippen LogP contribution in [0.5, 0.6) is 0 Å². The molecular formula is C20H23N5. The van der Waals surface area contributed by atoms with Gasteiger partial charge in [-0.25, -0.2) is 4.68 Å². The zero-order chi connectivity index (χ0) is 17.5. The van der Waals surface area contributed by atoms with Crippen LogP contribution in [0.3, 0.4) is 0 Å². The molecule has 0 aliphatic carbocycles. The van der Waals surface area contributed by atoms with Crippen LogP contribution in [0, 0.1) is 6.92 Å². The van der Waals surface area contributed by atoms with Crippen LogP contribution < -0.4 is 10.6 Å². The van der Waals surface area contributed by atoms with Crippen molar-refractivity contribution >= 4 is 5.96 Å². The van der Waals surface area contributed by atoms with Crippen molar-refractivity contribution in [2.24, 2.45) is 4.99 Å². The van der Waals surface area contributed by atoms with Crippen molar-refractivity contribution in [2.45, 2.75) is 20.0 Å². The first-order valence-electron chi connectivity index (χ1n) is 8.33. The third-order valence-electron chi connectivity index (χ3n) is 3.91. The van der Waals surface area contributed by atoms with Crippen LogP contribution in [0.25, 0.3) is 5.69 Å². The molecule has 25 heavy (non-hydrogen) atoms. The molecule has 2 aromatic carbocycles. The third kappa shape index (κ3) is 4.70. The molecule has 0 spiro atoms. The van der Waals surface area contributed by atoms with Crippen molar-refractivity contribution in [2.75, 3.05) is 7.05 Å². The largest absolute Gasteiger partial charge is 0.352 e. The number of benzene rings is 2. The number of nitrogens with one attached hydrogen (secondary N) is 2. The van der Waals surface area contributed by atoms with E-state index in [2.05, 4.69) is 64.0 Å². The number of hydrogen-bond donors (Lipinski definition) is 2. The topological polar surface area (TPSA) is 54.2 Å². The number of aryl methyl sites for hydroxylation is 1. The molecule has 0 atom stereocenters. The Morgan fingerprint density at radius 3 is 2.36 bits per heavy atom. The van der Waals surface area contributed by atoms with Crippen molar-refractivity contribution in [3.8, 4) is 5.69 Å². The summed E-state index contributed by atoms with van der Waals surface area (Å²) < 4.78 is 1.86. The number of nitrogens with zero attached hydrogens (tertiary/aromatic N) is 3. The summed E-state index contributed by atoms with van der Waals surface area (Å²) in [5.41, 5.74) is 4.72. The lowest BCUT2D eigenvalue weighted by Crippen LogP contribution is -2.36. The van der Waals surface area contributed by atoms with E-state index in [-0.39, 0.29) is 0 Å². The molecule has 0 unspecified atom stereocenters. The molecular weight excluding hydrogens is 310 g/mol. The van der Waals surface area contributed by atoms with E-state index < -0.39 is 0 Å². The number of rotatable bonds is 5. The summed E-state index contributed by atoms with van der Waals surface area (Å²) >= 11 is 0. The Labute approximate surface area is 148 Å². The second-order valence-electron chi connectivity index (χ2n) is 5.89. The highest BCUT2D eigenvalue weighted by Crippen LogP contribution is 2.09. The van der Waals surface area contributed by atoms with E-state index in [1.54, 1.807) is 13.2 Å². The van der Waals surface area contributed by atoms with Crippen molar-refractivity contribution in [3.05, 3.63) is 83.7 Å². The summed E-state index contributed by atoms with van der Waals surface area (Å²) in [5, 5.41) is 11.0. The normalized spacial score (nSPS) is 11.4. The summed E-state index contributed by atoms with van der Waals surface area (Å²) in [6, 6.07) is 18.7. The molecule has 0 fully saturated rings. The van der Waals surface area contributed by atoms with Gasteiger partial charge < -0.3 is 10.6 Å². The highest BCUT2D eigenvalue weighted by Gasteiger charge is 2.02. The van der Waals surface area contributed by atoms with Crippen LogP contribution in [0.4, 0.5) is 0 Å². The van der Waals surface area contributed by atoms with Crippen LogP contribution in [0.2, 0.25) is 0 Å². The summed E-state index contributed by atoms with van der Waals surface area (Å²) in [6.07, 6.45) is 3.72. The first kappa shape index (κ1) is 16.8. The van der Waals surface area contributed by atoms with E-state index in [9.17, 15) is 0 Å². The molecule has 1 heterocycles. The molecule has 0 aliphatic rings. The maximum absolute atomic E-state index is 4.29. The van der Waals surface area contributed by atoms with Crippen LogP contribution in [-0.4, -0.2) is 22.8 Å². The molecule has 0 saturated heterocycles. The van der Waals surface area contributed by atoms with Crippen LogP contribution in [-0.2, 0) is 13.1 Å². The number of hydrogen-bond acceptors (Lipinski definition) is 2. The zero-order valence-electron chi connectivity index (χ0n) is 14.6. The first-order valence-corrected chi connectivity index (χ1v) is 8.33. The van der Waals surface area contributed by atoms with Gasteiger partial charge in [0, 0.05) is 32.5 Å². The minimum absolute atomic E-state index is 0.697. The van der Waals surface area contributed by atoms with E-state index in [0.29, 0.717) is 6.54 Å². The van der Waals surface area contributed by atoms with Crippen molar-refractivity contribution in [3.63, 3.8) is 0 Å². The lowest BCUT2D eigenvalue weighted by molar-refractivity contribution is 0.805. The summed E-state index contributed by atoms with van der Waals surface area (Å²) in [5.74, 6) is 0.783. The molecule has 0 aliphatic heterocycles. The van der Waals surface area contributed by atoms with E-state index in [4.69, 9.17) is 0 Å². The van der Waals surface area contributed by atoms with Crippen LogP contribution in [0.1, 0.15) is 16.7 Å². The molecule has 3 rings (SSSR count).